The lowest BCUT2D eigenvalue weighted by molar-refractivity contribution is -0.127. The number of nitrogens with one attached hydrogen (secondary N) is 2. The first kappa shape index (κ1) is 29.4. The van der Waals surface area contributed by atoms with Crippen LogP contribution in [-0.4, -0.2) is 53.5 Å². The smallest absolute Gasteiger partial charge is 0.411 e. The first-order chi connectivity index (χ1) is 17.4. The molecule has 0 fully saturated rings. The number of ketones is 1. The third-order valence-electron chi connectivity index (χ3n) is 4.93. The number of rotatable bonds is 12. The second kappa shape index (κ2) is 14.1. The highest BCUT2D eigenvalue weighted by Gasteiger charge is 2.26. The molecule has 2 rings (SSSR count). The average molecular weight is 516 g/mol. The van der Waals surface area contributed by atoms with Crippen LogP contribution >= 0.6 is 0 Å². The van der Waals surface area contributed by atoms with Gasteiger partial charge in [0.05, 0.1) is 25.9 Å². The van der Waals surface area contributed by atoms with E-state index in [2.05, 4.69) is 10.6 Å². The molecule has 10 nitrogen and oxygen atoms in total. The second-order valence-electron chi connectivity index (χ2n) is 10.1. The minimum atomic E-state index is -0.888. The summed E-state index contributed by atoms with van der Waals surface area (Å²) in [6.07, 6.45) is 0.412. The van der Waals surface area contributed by atoms with E-state index >= 15 is 0 Å². The van der Waals surface area contributed by atoms with E-state index < -0.39 is 35.5 Å². The van der Waals surface area contributed by atoms with E-state index in [1.165, 1.54) is 11.2 Å². The van der Waals surface area contributed by atoms with Crippen LogP contribution in [0.15, 0.2) is 53.1 Å². The molecule has 0 spiro atoms. The van der Waals surface area contributed by atoms with E-state index in [0.717, 1.165) is 5.56 Å². The zero-order valence-electron chi connectivity index (χ0n) is 22.1. The summed E-state index contributed by atoms with van der Waals surface area (Å²) in [6, 6.07) is 11.6. The van der Waals surface area contributed by atoms with Crippen molar-refractivity contribution in [1.29, 1.82) is 0 Å². The Labute approximate surface area is 217 Å². The van der Waals surface area contributed by atoms with Gasteiger partial charge in [-0.3, -0.25) is 14.5 Å². The Morgan fingerprint density at radius 3 is 2.32 bits per heavy atom. The predicted octanol–water partition coefficient (Wildman–Crippen LogP) is 4.04. The minimum Gasteiger partial charge on any atom is -0.467 e. The van der Waals surface area contributed by atoms with Crippen molar-refractivity contribution in [3.63, 3.8) is 0 Å². The number of furan rings is 1. The maximum Gasteiger partial charge on any atom is 0.411 e. The number of Topliss-reactive ketones (excluding diaryl/α,β-unsaturated/α-hetero) is 1. The van der Waals surface area contributed by atoms with E-state index in [1.54, 1.807) is 32.9 Å². The first-order valence-electron chi connectivity index (χ1n) is 12.2. The van der Waals surface area contributed by atoms with Gasteiger partial charge < -0.3 is 24.5 Å². The molecular weight excluding hydrogens is 478 g/mol. The largest absolute Gasteiger partial charge is 0.467 e. The fourth-order valence-corrected chi connectivity index (χ4v) is 3.29. The fourth-order valence-electron chi connectivity index (χ4n) is 3.29. The van der Waals surface area contributed by atoms with Crippen molar-refractivity contribution < 1.29 is 33.1 Å². The number of hydrogen-bond donors (Lipinski definition) is 2. The molecule has 2 aromatic rings. The molecule has 1 aromatic carbocycles. The van der Waals surface area contributed by atoms with Crippen LogP contribution in [0.3, 0.4) is 0 Å². The molecule has 0 unspecified atom stereocenters. The van der Waals surface area contributed by atoms with Crippen LogP contribution in [0.4, 0.5) is 9.59 Å². The number of amides is 3. The van der Waals surface area contributed by atoms with Gasteiger partial charge in [0.2, 0.25) is 5.91 Å². The van der Waals surface area contributed by atoms with Gasteiger partial charge in [-0.15, -0.1) is 0 Å². The Morgan fingerprint density at radius 1 is 1.03 bits per heavy atom. The van der Waals surface area contributed by atoms with Gasteiger partial charge in [-0.05, 0) is 50.8 Å². The number of carbonyl (C=O) groups excluding carboxylic acids is 4. The third-order valence-corrected chi connectivity index (χ3v) is 4.93. The van der Waals surface area contributed by atoms with E-state index in [4.69, 9.17) is 13.9 Å². The molecule has 202 valence electrons. The number of benzene rings is 1. The lowest BCUT2D eigenvalue weighted by atomic mass is 10.0. The molecule has 3 amide bonds. The van der Waals surface area contributed by atoms with Crippen LogP contribution in [0, 0.1) is 5.92 Å². The molecule has 1 aromatic heterocycles. The topological polar surface area (TPSA) is 127 Å². The third kappa shape index (κ3) is 11.6. The van der Waals surface area contributed by atoms with Gasteiger partial charge in [0.1, 0.15) is 24.0 Å². The highest BCUT2D eigenvalue weighted by molar-refractivity contribution is 5.91. The quantitative estimate of drug-likeness (QED) is 0.437. The molecule has 0 aliphatic rings. The van der Waals surface area contributed by atoms with E-state index in [9.17, 15) is 19.2 Å². The zero-order valence-corrected chi connectivity index (χ0v) is 22.1. The summed E-state index contributed by atoms with van der Waals surface area (Å²) >= 11 is 0. The maximum atomic E-state index is 12.8. The van der Waals surface area contributed by atoms with Crippen molar-refractivity contribution in [1.82, 2.24) is 15.5 Å². The molecule has 1 atom stereocenters. The van der Waals surface area contributed by atoms with Gasteiger partial charge in [0, 0.05) is 0 Å². The normalized spacial score (nSPS) is 11.9. The standard InChI is InChI=1S/C27H37N3O7/c1-19(2)14-23(29-25(33)36-18-20-10-7-6-8-11-20)24(32)28-15-21(31)16-30(17-22-12-9-13-35-22)26(34)37-27(3,4)5/h6-13,19,23H,14-18H2,1-5H3,(H,28,32)(H,29,33)/t23-/m0/s1. The number of hydrogen-bond acceptors (Lipinski definition) is 7. The van der Waals surface area contributed by atoms with Crippen molar-refractivity contribution in [2.75, 3.05) is 13.1 Å². The Morgan fingerprint density at radius 2 is 1.73 bits per heavy atom. The fraction of sp³-hybridized carbons (Fsp3) is 0.481. The number of alkyl carbamates (subject to hydrolysis) is 1. The van der Waals surface area contributed by atoms with E-state index in [1.807, 2.05) is 44.2 Å². The Hall–Kier alpha value is -3.82. The molecule has 2 N–H and O–H groups in total. The Balaban J connectivity index is 1.93. The van der Waals surface area contributed by atoms with Gasteiger partial charge in [0.15, 0.2) is 5.78 Å². The van der Waals surface area contributed by atoms with Crippen LogP contribution in [0.2, 0.25) is 0 Å². The van der Waals surface area contributed by atoms with Gasteiger partial charge in [-0.25, -0.2) is 9.59 Å². The summed E-state index contributed by atoms with van der Waals surface area (Å²) in [6.45, 7) is 8.48. The lowest BCUT2D eigenvalue weighted by Crippen LogP contribution is -2.49. The molecule has 0 aliphatic heterocycles. The molecular formula is C27H37N3O7. The molecule has 0 saturated carbocycles. The van der Waals surface area contributed by atoms with Crippen LogP contribution in [-0.2, 0) is 32.2 Å². The summed E-state index contributed by atoms with van der Waals surface area (Å²) in [7, 11) is 0. The highest BCUT2D eigenvalue weighted by atomic mass is 16.6. The minimum absolute atomic E-state index is 0.0341. The number of carbonyl (C=O) groups is 4. The van der Waals surface area contributed by atoms with Crippen LogP contribution in [0.1, 0.15) is 52.4 Å². The lowest BCUT2D eigenvalue weighted by Gasteiger charge is -2.26. The van der Waals surface area contributed by atoms with Crippen LogP contribution < -0.4 is 10.6 Å². The molecule has 1 heterocycles. The number of ether oxygens (including phenoxy) is 2. The van der Waals surface area contributed by atoms with Crippen LogP contribution in [0.5, 0.6) is 0 Å². The van der Waals surface area contributed by atoms with Gasteiger partial charge in [0.25, 0.3) is 0 Å². The molecule has 0 saturated heterocycles. The zero-order chi connectivity index (χ0) is 27.4. The highest BCUT2D eigenvalue weighted by Crippen LogP contribution is 2.13. The summed E-state index contributed by atoms with van der Waals surface area (Å²) in [5.41, 5.74) is 0.0675. The van der Waals surface area contributed by atoms with Gasteiger partial charge in [-0.2, -0.15) is 0 Å². The van der Waals surface area contributed by atoms with Crippen molar-refractivity contribution in [2.45, 2.75) is 65.8 Å². The summed E-state index contributed by atoms with van der Waals surface area (Å²) < 4.78 is 15.9. The predicted molar refractivity (Wildman–Crippen MR) is 136 cm³/mol. The maximum absolute atomic E-state index is 12.8. The van der Waals surface area contributed by atoms with Crippen molar-refractivity contribution in [3.8, 4) is 0 Å². The summed E-state index contributed by atoms with van der Waals surface area (Å²) in [4.78, 5) is 51.6. The van der Waals surface area contributed by atoms with Crippen LogP contribution in [0.25, 0.3) is 0 Å². The summed E-state index contributed by atoms with van der Waals surface area (Å²) in [5, 5.41) is 5.13. The number of nitrogens with zero attached hydrogens (tertiary/aromatic N) is 1. The van der Waals surface area contributed by atoms with Gasteiger partial charge >= 0.3 is 12.2 Å². The SMILES string of the molecule is CC(C)C[C@H](NC(=O)OCc1ccccc1)C(=O)NCC(=O)CN(Cc1ccco1)C(=O)OC(C)(C)C. The second-order valence-corrected chi connectivity index (χ2v) is 10.1. The molecule has 0 aliphatic carbocycles. The Bertz CT molecular complexity index is 1010. The molecule has 37 heavy (non-hydrogen) atoms. The molecule has 0 bridgehead atoms. The van der Waals surface area contributed by atoms with Crippen molar-refractivity contribution >= 4 is 23.9 Å². The van der Waals surface area contributed by atoms with E-state index in [0.29, 0.717) is 12.2 Å². The van der Waals surface area contributed by atoms with Gasteiger partial charge in [-0.1, -0.05) is 44.2 Å². The van der Waals surface area contributed by atoms with E-state index in [-0.39, 0.29) is 32.2 Å². The first-order valence-corrected chi connectivity index (χ1v) is 12.2. The van der Waals surface area contributed by atoms with Crippen molar-refractivity contribution in [2.24, 2.45) is 5.92 Å². The summed E-state index contributed by atoms with van der Waals surface area (Å²) in [5.74, 6) is -0.357. The average Bonchev–Trinajstić information content (AvgIpc) is 3.33. The molecule has 0 radical (unpaired) electrons. The Kier molecular flexibility index (Phi) is 11.2. The monoisotopic (exact) mass is 515 g/mol. The van der Waals surface area contributed by atoms with Crippen molar-refractivity contribution in [3.05, 3.63) is 60.1 Å². The molecule has 10 heteroatoms.